The van der Waals surface area contributed by atoms with Crippen LogP contribution in [-0.2, 0) is 26.1 Å². The van der Waals surface area contributed by atoms with E-state index in [1.54, 1.807) is 24.3 Å². The van der Waals surface area contributed by atoms with Crippen LogP contribution in [0.5, 0.6) is 0 Å². The predicted octanol–water partition coefficient (Wildman–Crippen LogP) is 1.12. The highest BCUT2D eigenvalue weighted by molar-refractivity contribution is 7.89. The minimum absolute atomic E-state index is 0.0230. The van der Waals surface area contributed by atoms with E-state index in [0.29, 0.717) is 31.9 Å². The Morgan fingerprint density at radius 3 is 2.57 bits per heavy atom. The maximum absolute atomic E-state index is 12.8. The van der Waals surface area contributed by atoms with Crippen LogP contribution in [0.1, 0.15) is 24.8 Å². The second-order valence-corrected chi connectivity index (χ2v) is 7.88. The SMILES string of the molecule is O=C(NCc1ccccc1S(=O)(=O)N1CCOCC1)C1CCC1. The summed E-state index contributed by atoms with van der Waals surface area (Å²) < 4.78 is 32.3. The van der Waals surface area contributed by atoms with Crippen molar-refractivity contribution >= 4 is 15.9 Å². The molecule has 1 N–H and O–H groups in total. The van der Waals surface area contributed by atoms with Gasteiger partial charge in [-0.05, 0) is 24.5 Å². The van der Waals surface area contributed by atoms with Crippen molar-refractivity contribution < 1.29 is 17.9 Å². The minimum atomic E-state index is -3.55. The summed E-state index contributed by atoms with van der Waals surface area (Å²) in [4.78, 5) is 12.2. The van der Waals surface area contributed by atoms with Crippen molar-refractivity contribution in [2.45, 2.75) is 30.7 Å². The summed E-state index contributed by atoms with van der Waals surface area (Å²) in [5.74, 6) is 0.118. The van der Waals surface area contributed by atoms with Crippen molar-refractivity contribution in [2.75, 3.05) is 26.3 Å². The molecule has 23 heavy (non-hydrogen) atoms. The summed E-state index contributed by atoms with van der Waals surface area (Å²) in [5, 5.41) is 2.87. The second-order valence-electron chi connectivity index (χ2n) is 5.97. The lowest BCUT2D eigenvalue weighted by atomic mass is 9.85. The number of benzene rings is 1. The van der Waals surface area contributed by atoms with Gasteiger partial charge in [0.1, 0.15) is 0 Å². The standard InChI is InChI=1S/C16H22N2O4S/c19-16(13-5-3-6-13)17-12-14-4-1-2-7-15(14)23(20,21)18-8-10-22-11-9-18/h1-2,4,7,13H,3,5-6,8-12H2,(H,17,19). The van der Waals surface area contributed by atoms with Crippen LogP contribution in [0.15, 0.2) is 29.2 Å². The van der Waals surface area contributed by atoms with Crippen LogP contribution in [0.2, 0.25) is 0 Å². The summed E-state index contributed by atoms with van der Waals surface area (Å²) in [5.41, 5.74) is 0.631. The molecule has 1 heterocycles. The van der Waals surface area contributed by atoms with Gasteiger partial charge in [-0.25, -0.2) is 8.42 Å². The number of hydrogen-bond donors (Lipinski definition) is 1. The Morgan fingerprint density at radius 2 is 1.91 bits per heavy atom. The molecule has 1 aliphatic heterocycles. The van der Waals surface area contributed by atoms with E-state index in [4.69, 9.17) is 4.74 Å². The van der Waals surface area contributed by atoms with E-state index in [1.807, 2.05) is 0 Å². The molecule has 0 unspecified atom stereocenters. The number of nitrogens with one attached hydrogen (secondary N) is 1. The second kappa shape index (κ2) is 6.98. The molecule has 0 atom stereocenters. The number of nitrogens with zero attached hydrogens (tertiary/aromatic N) is 1. The fourth-order valence-corrected chi connectivity index (χ4v) is 4.45. The van der Waals surface area contributed by atoms with E-state index in [2.05, 4.69) is 5.32 Å². The molecular formula is C16H22N2O4S. The maximum atomic E-state index is 12.8. The summed E-state index contributed by atoms with van der Waals surface area (Å²) >= 11 is 0. The molecule has 1 aliphatic carbocycles. The monoisotopic (exact) mass is 338 g/mol. The number of morpholine rings is 1. The Bertz CT molecular complexity index is 664. The third-order valence-corrected chi connectivity index (χ3v) is 6.49. The number of carbonyl (C=O) groups excluding carboxylic acids is 1. The lowest BCUT2D eigenvalue weighted by molar-refractivity contribution is -0.127. The third kappa shape index (κ3) is 3.57. The predicted molar refractivity (Wildman–Crippen MR) is 85.2 cm³/mol. The highest BCUT2D eigenvalue weighted by atomic mass is 32.2. The largest absolute Gasteiger partial charge is 0.379 e. The van der Waals surface area contributed by atoms with Crippen LogP contribution in [0.3, 0.4) is 0 Å². The molecule has 7 heteroatoms. The summed E-state index contributed by atoms with van der Waals surface area (Å²) in [6.07, 6.45) is 2.96. The topological polar surface area (TPSA) is 75.7 Å². The molecule has 1 saturated carbocycles. The van der Waals surface area contributed by atoms with E-state index < -0.39 is 10.0 Å². The van der Waals surface area contributed by atoms with E-state index in [-0.39, 0.29) is 23.3 Å². The van der Waals surface area contributed by atoms with Gasteiger partial charge >= 0.3 is 0 Å². The summed E-state index contributed by atoms with van der Waals surface area (Å²) in [6, 6.07) is 6.87. The third-order valence-electron chi connectivity index (χ3n) is 4.49. The molecular weight excluding hydrogens is 316 g/mol. The molecule has 3 rings (SSSR count). The lowest BCUT2D eigenvalue weighted by Gasteiger charge is -2.27. The van der Waals surface area contributed by atoms with E-state index in [0.717, 1.165) is 19.3 Å². The van der Waals surface area contributed by atoms with Gasteiger partial charge in [-0.1, -0.05) is 24.6 Å². The van der Waals surface area contributed by atoms with Crippen molar-refractivity contribution in [2.24, 2.45) is 5.92 Å². The highest BCUT2D eigenvalue weighted by Gasteiger charge is 2.29. The van der Waals surface area contributed by atoms with Gasteiger partial charge in [0.15, 0.2) is 0 Å². The van der Waals surface area contributed by atoms with Crippen molar-refractivity contribution in [3.8, 4) is 0 Å². The molecule has 1 saturated heterocycles. The van der Waals surface area contributed by atoms with E-state index in [1.165, 1.54) is 4.31 Å². The molecule has 2 aliphatic rings. The lowest BCUT2D eigenvalue weighted by Crippen LogP contribution is -2.41. The molecule has 1 aromatic rings. The number of hydrogen-bond acceptors (Lipinski definition) is 4. The van der Waals surface area contributed by atoms with Crippen LogP contribution in [-0.4, -0.2) is 44.9 Å². The van der Waals surface area contributed by atoms with Crippen molar-refractivity contribution in [3.63, 3.8) is 0 Å². The Labute approximate surface area is 136 Å². The van der Waals surface area contributed by atoms with E-state index >= 15 is 0 Å². The average Bonchev–Trinajstić information content (AvgIpc) is 2.52. The van der Waals surface area contributed by atoms with Gasteiger partial charge in [0, 0.05) is 25.6 Å². The van der Waals surface area contributed by atoms with Crippen LogP contribution < -0.4 is 5.32 Å². The Hall–Kier alpha value is -1.44. The van der Waals surface area contributed by atoms with Gasteiger partial charge in [-0.3, -0.25) is 4.79 Å². The molecule has 1 aromatic carbocycles. The van der Waals surface area contributed by atoms with Crippen LogP contribution in [0.4, 0.5) is 0 Å². The van der Waals surface area contributed by atoms with Gasteiger partial charge in [-0.15, -0.1) is 0 Å². The average molecular weight is 338 g/mol. The number of sulfonamides is 1. The summed E-state index contributed by atoms with van der Waals surface area (Å²) in [6.45, 7) is 1.81. The fraction of sp³-hybridized carbons (Fsp3) is 0.562. The molecule has 126 valence electrons. The number of rotatable bonds is 5. The molecule has 0 spiro atoms. The maximum Gasteiger partial charge on any atom is 0.243 e. The van der Waals surface area contributed by atoms with Crippen molar-refractivity contribution in [3.05, 3.63) is 29.8 Å². The molecule has 0 radical (unpaired) electrons. The number of ether oxygens (including phenoxy) is 1. The minimum Gasteiger partial charge on any atom is -0.379 e. The van der Waals surface area contributed by atoms with E-state index in [9.17, 15) is 13.2 Å². The van der Waals surface area contributed by atoms with Crippen molar-refractivity contribution in [1.82, 2.24) is 9.62 Å². The molecule has 0 aromatic heterocycles. The number of amides is 1. The first kappa shape index (κ1) is 16.4. The molecule has 2 fully saturated rings. The number of carbonyl (C=O) groups is 1. The zero-order chi connectivity index (χ0) is 16.3. The summed E-state index contributed by atoms with van der Waals surface area (Å²) in [7, 11) is -3.55. The Balaban J connectivity index is 1.75. The van der Waals surface area contributed by atoms with Gasteiger partial charge in [0.2, 0.25) is 15.9 Å². The van der Waals surface area contributed by atoms with Gasteiger partial charge in [0.05, 0.1) is 18.1 Å². The molecule has 1 amide bonds. The molecule has 0 bridgehead atoms. The van der Waals surface area contributed by atoms with Crippen LogP contribution in [0, 0.1) is 5.92 Å². The highest BCUT2D eigenvalue weighted by Crippen LogP contribution is 2.26. The van der Waals surface area contributed by atoms with Gasteiger partial charge in [-0.2, -0.15) is 4.31 Å². The van der Waals surface area contributed by atoms with Crippen LogP contribution >= 0.6 is 0 Å². The van der Waals surface area contributed by atoms with Gasteiger partial charge < -0.3 is 10.1 Å². The van der Waals surface area contributed by atoms with Crippen LogP contribution in [0.25, 0.3) is 0 Å². The Morgan fingerprint density at radius 1 is 1.22 bits per heavy atom. The smallest absolute Gasteiger partial charge is 0.243 e. The Kier molecular flexibility index (Phi) is 4.99. The normalized spacial score (nSPS) is 20.0. The fourth-order valence-electron chi connectivity index (χ4n) is 2.82. The van der Waals surface area contributed by atoms with Gasteiger partial charge in [0.25, 0.3) is 0 Å². The van der Waals surface area contributed by atoms with Crippen molar-refractivity contribution in [1.29, 1.82) is 0 Å². The molecule has 6 nitrogen and oxygen atoms in total. The zero-order valence-corrected chi connectivity index (χ0v) is 13.8. The zero-order valence-electron chi connectivity index (χ0n) is 13.0. The quantitative estimate of drug-likeness (QED) is 0.873. The first-order chi connectivity index (χ1) is 11.1. The first-order valence-corrected chi connectivity index (χ1v) is 9.46. The first-order valence-electron chi connectivity index (χ1n) is 8.02.